The first kappa shape index (κ1) is 23.9. The molecule has 194 valence electrons. The minimum absolute atomic E-state index is 0.146. The number of fused-ring (bicyclic) bond motifs is 2. The molecule has 11 heteroatoms. The van der Waals surface area contributed by atoms with Gasteiger partial charge in [0.05, 0.1) is 31.5 Å². The highest BCUT2D eigenvalue weighted by atomic mass is 16.7. The Morgan fingerprint density at radius 2 is 1.92 bits per heavy atom. The molecule has 38 heavy (non-hydrogen) atoms. The van der Waals surface area contributed by atoms with Gasteiger partial charge in [0, 0.05) is 30.7 Å². The quantitative estimate of drug-likeness (QED) is 0.299. The van der Waals surface area contributed by atoms with Crippen LogP contribution in [0.5, 0.6) is 11.5 Å². The van der Waals surface area contributed by atoms with E-state index in [1.54, 1.807) is 24.1 Å². The minimum Gasteiger partial charge on any atom is -0.468 e. The van der Waals surface area contributed by atoms with E-state index in [1.807, 2.05) is 54.6 Å². The number of rotatable bonds is 10. The highest BCUT2D eigenvalue weighted by Crippen LogP contribution is 2.36. The number of aromatic amines is 1. The number of H-pyrrole nitrogens is 1. The number of furan rings is 1. The summed E-state index contributed by atoms with van der Waals surface area (Å²) in [5, 5.41) is 13.4. The molecule has 11 nitrogen and oxygen atoms in total. The van der Waals surface area contributed by atoms with Crippen LogP contribution in [0.3, 0.4) is 0 Å². The number of benzene rings is 2. The fourth-order valence-electron chi connectivity index (χ4n) is 4.72. The molecule has 1 N–H and O–H groups in total. The molecular formula is C27H26N6O5. The maximum absolute atomic E-state index is 13.7. The summed E-state index contributed by atoms with van der Waals surface area (Å²) in [6, 6.07) is 18.7. The zero-order valence-electron chi connectivity index (χ0n) is 20.7. The van der Waals surface area contributed by atoms with Crippen LogP contribution in [0, 0.1) is 0 Å². The number of nitrogens with zero attached hydrogens (tertiary/aromatic N) is 5. The number of nitrogens with one attached hydrogen (secondary N) is 1. The van der Waals surface area contributed by atoms with Crippen LogP contribution in [-0.2, 0) is 24.4 Å². The largest absolute Gasteiger partial charge is 0.468 e. The number of aromatic nitrogens is 5. The smallest absolute Gasteiger partial charge is 0.253 e. The third kappa shape index (κ3) is 4.76. The molecule has 6 rings (SSSR count). The molecule has 0 saturated heterocycles. The maximum atomic E-state index is 13.7. The molecule has 0 saturated carbocycles. The lowest BCUT2D eigenvalue weighted by molar-refractivity contribution is 0.163. The van der Waals surface area contributed by atoms with E-state index in [1.165, 1.54) is 0 Å². The molecule has 0 amide bonds. The standard InChI is InChI=1S/C27H26N6O5/c1-35-11-9-33-26(29-30-31-33)25(32(16-20-8-5-10-36-20)15-18-6-3-2-4-7-18)21-12-19-13-23-24(38-17-37-23)14-22(19)28-27(21)34/h2-8,10,12-14,25H,9,11,15-17H2,1H3,(H,28,34)/t25-/m0/s1. The molecule has 0 unspecified atom stereocenters. The first-order valence-corrected chi connectivity index (χ1v) is 12.2. The number of pyridine rings is 1. The summed E-state index contributed by atoms with van der Waals surface area (Å²) < 4.78 is 23.8. The average Bonchev–Trinajstić information content (AvgIpc) is 3.70. The van der Waals surface area contributed by atoms with Gasteiger partial charge >= 0.3 is 0 Å². The summed E-state index contributed by atoms with van der Waals surface area (Å²) in [4.78, 5) is 18.8. The van der Waals surface area contributed by atoms with Gasteiger partial charge in [0.1, 0.15) is 11.8 Å². The topological polar surface area (TPSA) is 121 Å². The lowest BCUT2D eigenvalue weighted by Crippen LogP contribution is -2.35. The molecule has 0 radical (unpaired) electrons. The molecule has 0 spiro atoms. The predicted molar refractivity (Wildman–Crippen MR) is 137 cm³/mol. The first-order chi connectivity index (χ1) is 18.7. The molecule has 3 aromatic heterocycles. The van der Waals surface area contributed by atoms with Gasteiger partial charge in [-0.25, -0.2) is 4.68 Å². The van der Waals surface area contributed by atoms with Crippen molar-refractivity contribution in [3.63, 3.8) is 0 Å². The van der Waals surface area contributed by atoms with Gasteiger partial charge in [-0.3, -0.25) is 9.69 Å². The van der Waals surface area contributed by atoms with E-state index in [-0.39, 0.29) is 12.4 Å². The SMILES string of the molecule is COCCn1nnnc1[C@H](c1cc2cc3c(cc2[nH]c1=O)OCO3)N(Cc1ccccc1)Cc1ccco1. The van der Waals surface area contributed by atoms with Crippen LogP contribution < -0.4 is 15.0 Å². The zero-order chi connectivity index (χ0) is 25.9. The van der Waals surface area contributed by atoms with Crippen LogP contribution in [0.1, 0.15) is 28.8 Å². The number of hydrogen-bond donors (Lipinski definition) is 1. The van der Waals surface area contributed by atoms with Gasteiger partial charge in [0.2, 0.25) is 6.79 Å². The van der Waals surface area contributed by atoms with Gasteiger partial charge in [-0.05, 0) is 40.3 Å². The van der Waals surface area contributed by atoms with Crippen molar-refractivity contribution in [3.8, 4) is 11.5 Å². The molecular weight excluding hydrogens is 488 g/mol. The summed E-state index contributed by atoms with van der Waals surface area (Å²) in [6.07, 6.45) is 1.64. The Morgan fingerprint density at radius 1 is 1.08 bits per heavy atom. The zero-order valence-corrected chi connectivity index (χ0v) is 20.7. The van der Waals surface area contributed by atoms with Crippen molar-refractivity contribution in [2.24, 2.45) is 0 Å². The molecule has 4 heterocycles. The molecule has 0 bridgehead atoms. The van der Waals surface area contributed by atoms with Crippen molar-refractivity contribution >= 4 is 10.9 Å². The molecule has 1 aliphatic heterocycles. The minimum atomic E-state index is -0.606. The number of tetrazole rings is 1. The fourth-order valence-corrected chi connectivity index (χ4v) is 4.72. The van der Waals surface area contributed by atoms with E-state index in [9.17, 15) is 4.79 Å². The van der Waals surface area contributed by atoms with Crippen molar-refractivity contribution in [1.29, 1.82) is 0 Å². The third-order valence-electron chi connectivity index (χ3n) is 6.50. The molecule has 0 fully saturated rings. The summed E-state index contributed by atoms with van der Waals surface area (Å²) in [5.41, 5.74) is 1.97. The number of methoxy groups -OCH3 is 1. The molecule has 2 aromatic carbocycles. The Morgan fingerprint density at radius 3 is 2.71 bits per heavy atom. The van der Waals surface area contributed by atoms with E-state index in [4.69, 9.17) is 18.6 Å². The van der Waals surface area contributed by atoms with Crippen LogP contribution in [0.15, 0.2) is 76.1 Å². The maximum Gasteiger partial charge on any atom is 0.253 e. The summed E-state index contributed by atoms with van der Waals surface area (Å²) in [6.45, 7) is 1.93. The van der Waals surface area contributed by atoms with Gasteiger partial charge < -0.3 is 23.6 Å². The lowest BCUT2D eigenvalue weighted by Gasteiger charge is -2.30. The van der Waals surface area contributed by atoms with E-state index < -0.39 is 6.04 Å². The molecule has 0 aliphatic carbocycles. The fraction of sp³-hybridized carbons (Fsp3) is 0.259. The van der Waals surface area contributed by atoms with Gasteiger partial charge in [-0.2, -0.15) is 0 Å². The lowest BCUT2D eigenvalue weighted by atomic mass is 10.0. The highest BCUT2D eigenvalue weighted by molar-refractivity contribution is 5.83. The van der Waals surface area contributed by atoms with Gasteiger partial charge in [-0.1, -0.05) is 30.3 Å². The second-order valence-electron chi connectivity index (χ2n) is 8.97. The number of hydrogen-bond acceptors (Lipinski definition) is 9. The number of ether oxygens (including phenoxy) is 3. The van der Waals surface area contributed by atoms with Crippen LogP contribution >= 0.6 is 0 Å². The third-order valence-corrected chi connectivity index (χ3v) is 6.50. The Labute approximate surface area is 217 Å². The van der Waals surface area contributed by atoms with Crippen LogP contribution in [0.2, 0.25) is 0 Å². The van der Waals surface area contributed by atoms with E-state index in [2.05, 4.69) is 25.4 Å². The predicted octanol–water partition coefficient (Wildman–Crippen LogP) is 3.27. The van der Waals surface area contributed by atoms with Gasteiger partial charge in [0.15, 0.2) is 17.3 Å². The van der Waals surface area contributed by atoms with Crippen molar-refractivity contribution < 1.29 is 18.6 Å². The van der Waals surface area contributed by atoms with Crippen molar-refractivity contribution in [1.82, 2.24) is 30.1 Å². The average molecular weight is 515 g/mol. The van der Waals surface area contributed by atoms with Crippen LogP contribution in [0.4, 0.5) is 0 Å². The molecule has 1 atom stereocenters. The Balaban J connectivity index is 1.51. The second kappa shape index (κ2) is 10.5. The Hall–Kier alpha value is -4.48. The molecule has 1 aliphatic rings. The van der Waals surface area contributed by atoms with E-state index in [0.29, 0.717) is 54.6 Å². The van der Waals surface area contributed by atoms with E-state index in [0.717, 1.165) is 16.7 Å². The Kier molecular flexibility index (Phi) is 6.59. The Bertz CT molecular complexity index is 1580. The monoisotopic (exact) mass is 514 g/mol. The van der Waals surface area contributed by atoms with Crippen LogP contribution in [-0.4, -0.2) is 50.6 Å². The first-order valence-electron chi connectivity index (χ1n) is 12.2. The summed E-state index contributed by atoms with van der Waals surface area (Å²) in [5.74, 6) is 2.51. The second-order valence-corrected chi connectivity index (χ2v) is 8.97. The molecule has 5 aromatic rings. The van der Waals surface area contributed by atoms with Crippen molar-refractivity contribution in [2.45, 2.75) is 25.7 Å². The van der Waals surface area contributed by atoms with E-state index >= 15 is 0 Å². The summed E-state index contributed by atoms with van der Waals surface area (Å²) in [7, 11) is 1.62. The van der Waals surface area contributed by atoms with Gasteiger partial charge in [0.25, 0.3) is 5.56 Å². The highest BCUT2D eigenvalue weighted by Gasteiger charge is 2.31. The van der Waals surface area contributed by atoms with Crippen molar-refractivity contribution in [2.75, 3.05) is 20.5 Å². The normalized spacial score (nSPS) is 13.4. The van der Waals surface area contributed by atoms with Crippen molar-refractivity contribution in [3.05, 3.63) is 100.0 Å². The van der Waals surface area contributed by atoms with Gasteiger partial charge in [-0.15, -0.1) is 5.10 Å². The summed E-state index contributed by atoms with van der Waals surface area (Å²) >= 11 is 0. The van der Waals surface area contributed by atoms with Crippen LogP contribution in [0.25, 0.3) is 10.9 Å².